The molecule has 2 aliphatic rings. The molecular formula is C22H26ClN3O3. The molecule has 1 unspecified atom stereocenters. The number of nitrogens with zero attached hydrogens (tertiary/aromatic N) is 2. The number of rotatable bonds is 5. The van der Waals surface area contributed by atoms with Crippen molar-refractivity contribution in [3.8, 4) is 0 Å². The number of carboxylic acids is 1. The number of anilines is 2. The Kier molecular flexibility index (Phi) is 6.45. The third-order valence-corrected chi connectivity index (χ3v) is 5.68. The quantitative estimate of drug-likeness (QED) is 0.775. The van der Waals surface area contributed by atoms with Gasteiger partial charge in [0.2, 0.25) is 0 Å². The van der Waals surface area contributed by atoms with Crippen LogP contribution in [-0.4, -0.2) is 30.2 Å². The molecule has 2 aromatic rings. The molecule has 29 heavy (non-hydrogen) atoms. The van der Waals surface area contributed by atoms with Gasteiger partial charge in [-0.25, -0.2) is 4.79 Å². The van der Waals surface area contributed by atoms with Crippen LogP contribution in [0.3, 0.4) is 0 Å². The number of carbonyl (C=O) groups is 2. The van der Waals surface area contributed by atoms with E-state index in [1.165, 1.54) is 11.1 Å². The minimum atomic E-state index is -0.805. The van der Waals surface area contributed by atoms with E-state index in [2.05, 4.69) is 12.1 Å². The summed E-state index contributed by atoms with van der Waals surface area (Å²) in [6.07, 6.45) is 3.72. The van der Waals surface area contributed by atoms with Crippen molar-refractivity contribution in [2.45, 2.75) is 38.1 Å². The van der Waals surface area contributed by atoms with Crippen LogP contribution < -0.4 is 15.5 Å². The SMILES string of the molecule is Cl.NC1CCCc2cc(N3CCN(c4ccc(CCC(=O)O)cc4)C3=O)ccc21. The zero-order chi connectivity index (χ0) is 19.7. The molecule has 2 amide bonds. The summed E-state index contributed by atoms with van der Waals surface area (Å²) in [6, 6.07) is 13.8. The van der Waals surface area contributed by atoms with Gasteiger partial charge in [-0.3, -0.25) is 14.6 Å². The van der Waals surface area contributed by atoms with Crippen LogP contribution in [0, 0.1) is 0 Å². The molecule has 0 radical (unpaired) electrons. The molecule has 0 bridgehead atoms. The molecule has 1 fully saturated rings. The highest BCUT2D eigenvalue weighted by atomic mass is 35.5. The summed E-state index contributed by atoms with van der Waals surface area (Å²) >= 11 is 0. The van der Waals surface area contributed by atoms with Gasteiger partial charge in [0.25, 0.3) is 0 Å². The molecule has 2 aromatic carbocycles. The topological polar surface area (TPSA) is 86.9 Å². The Morgan fingerprint density at radius 2 is 1.72 bits per heavy atom. The summed E-state index contributed by atoms with van der Waals surface area (Å²) in [5.74, 6) is -0.805. The molecule has 0 aromatic heterocycles. The lowest BCUT2D eigenvalue weighted by Gasteiger charge is -2.25. The highest BCUT2D eigenvalue weighted by Gasteiger charge is 2.31. The average Bonchev–Trinajstić information content (AvgIpc) is 3.08. The summed E-state index contributed by atoms with van der Waals surface area (Å²) in [6.45, 7) is 1.27. The van der Waals surface area contributed by atoms with E-state index in [9.17, 15) is 9.59 Å². The lowest BCUT2D eigenvalue weighted by atomic mass is 9.88. The van der Waals surface area contributed by atoms with Gasteiger partial charge in [0.15, 0.2) is 0 Å². The third-order valence-electron chi connectivity index (χ3n) is 5.68. The fourth-order valence-corrected chi connectivity index (χ4v) is 4.12. The number of amides is 2. The number of aliphatic carboxylic acids is 1. The molecule has 0 saturated carbocycles. The largest absolute Gasteiger partial charge is 0.481 e. The van der Waals surface area contributed by atoms with Crippen LogP contribution in [0.4, 0.5) is 16.2 Å². The van der Waals surface area contributed by atoms with Crippen molar-refractivity contribution in [1.29, 1.82) is 0 Å². The van der Waals surface area contributed by atoms with Crippen LogP contribution in [0.1, 0.15) is 42.0 Å². The molecule has 1 heterocycles. The Balaban J connectivity index is 0.00000240. The Morgan fingerprint density at radius 1 is 1.07 bits per heavy atom. The molecule has 0 spiro atoms. The van der Waals surface area contributed by atoms with Crippen LogP contribution in [0.5, 0.6) is 0 Å². The lowest BCUT2D eigenvalue weighted by Crippen LogP contribution is -2.32. The second-order valence-electron chi connectivity index (χ2n) is 7.53. The summed E-state index contributed by atoms with van der Waals surface area (Å²) < 4.78 is 0. The minimum absolute atomic E-state index is 0. The van der Waals surface area contributed by atoms with E-state index in [1.807, 2.05) is 35.2 Å². The van der Waals surface area contributed by atoms with Crippen molar-refractivity contribution < 1.29 is 14.7 Å². The maximum absolute atomic E-state index is 13.0. The average molecular weight is 416 g/mol. The Bertz CT molecular complexity index is 901. The maximum atomic E-state index is 13.0. The van der Waals surface area contributed by atoms with Crippen molar-refractivity contribution >= 4 is 35.8 Å². The number of fused-ring (bicyclic) bond motifs is 1. The predicted molar refractivity (Wildman–Crippen MR) is 116 cm³/mol. The van der Waals surface area contributed by atoms with E-state index >= 15 is 0 Å². The molecule has 1 aliphatic heterocycles. The molecule has 6 nitrogen and oxygen atoms in total. The number of hydrogen-bond donors (Lipinski definition) is 2. The van der Waals surface area contributed by atoms with Gasteiger partial charge < -0.3 is 10.8 Å². The van der Waals surface area contributed by atoms with Crippen molar-refractivity contribution in [2.75, 3.05) is 22.9 Å². The molecule has 1 aliphatic carbocycles. The van der Waals surface area contributed by atoms with E-state index in [4.69, 9.17) is 10.8 Å². The summed E-state index contributed by atoms with van der Waals surface area (Å²) in [5.41, 5.74) is 11.4. The first-order valence-corrected chi connectivity index (χ1v) is 9.81. The summed E-state index contributed by atoms with van der Waals surface area (Å²) in [4.78, 5) is 27.3. The fraction of sp³-hybridized carbons (Fsp3) is 0.364. The van der Waals surface area contributed by atoms with Crippen molar-refractivity contribution in [2.24, 2.45) is 5.73 Å². The maximum Gasteiger partial charge on any atom is 0.329 e. The first-order valence-electron chi connectivity index (χ1n) is 9.81. The first-order chi connectivity index (χ1) is 13.5. The summed E-state index contributed by atoms with van der Waals surface area (Å²) in [5, 5.41) is 8.80. The van der Waals surface area contributed by atoms with Crippen molar-refractivity contribution in [3.63, 3.8) is 0 Å². The van der Waals surface area contributed by atoms with Crippen LogP contribution in [-0.2, 0) is 17.6 Å². The minimum Gasteiger partial charge on any atom is -0.481 e. The molecular weight excluding hydrogens is 390 g/mol. The first kappa shape index (κ1) is 21.1. The standard InChI is InChI=1S/C22H25N3O3.ClH/c23-20-3-1-2-16-14-18(9-10-19(16)20)25-13-12-24(22(25)28)17-7-4-15(5-8-17)6-11-21(26)27;/h4-5,7-10,14,20H,1-3,6,11-13,23H2,(H,26,27);1H. The van der Waals surface area contributed by atoms with E-state index in [0.717, 1.165) is 36.2 Å². The van der Waals surface area contributed by atoms with Crippen LogP contribution in [0.15, 0.2) is 42.5 Å². The van der Waals surface area contributed by atoms with Gasteiger partial charge in [0, 0.05) is 36.9 Å². The highest BCUT2D eigenvalue weighted by molar-refractivity contribution is 6.06. The van der Waals surface area contributed by atoms with Gasteiger partial charge in [-0.1, -0.05) is 18.2 Å². The number of carbonyl (C=O) groups excluding carboxylic acids is 1. The Hall–Kier alpha value is -2.57. The number of carboxylic acid groups (broad SMARTS) is 1. The predicted octanol–water partition coefficient (Wildman–Crippen LogP) is 3.91. The second kappa shape index (κ2) is 8.84. The van der Waals surface area contributed by atoms with E-state index in [0.29, 0.717) is 19.5 Å². The van der Waals surface area contributed by atoms with Gasteiger partial charge in [-0.2, -0.15) is 0 Å². The van der Waals surface area contributed by atoms with Crippen LogP contribution >= 0.6 is 12.4 Å². The molecule has 1 saturated heterocycles. The lowest BCUT2D eigenvalue weighted by molar-refractivity contribution is -0.136. The van der Waals surface area contributed by atoms with Crippen LogP contribution in [0.2, 0.25) is 0 Å². The Morgan fingerprint density at radius 3 is 2.41 bits per heavy atom. The van der Waals surface area contributed by atoms with Crippen LogP contribution in [0.25, 0.3) is 0 Å². The zero-order valence-electron chi connectivity index (χ0n) is 16.2. The number of hydrogen-bond acceptors (Lipinski definition) is 3. The van der Waals surface area contributed by atoms with Crippen molar-refractivity contribution in [1.82, 2.24) is 0 Å². The van der Waals surface area contributed by atoms with Crippen molar-refractivity contribution in [3.05, 3.63) is 59.2 Å². The highest BCUT2D eigenvalue weighted by Crippen LogP contribution is 2.33. The third kappa shape index (κ3) is 4.38. The molecule has 1 atom stereocenters. The number of benzene rings is 2. The smallest absolute Gasteiger partial charge is 0.329 e. The van der Waals surface area contributed by atoms with Gasteiger partial charge in [-0.05, 0) is 66.6 Å². The van der Waals surface area contributed by atoms with Gasteiger partial charge in [0.1, 0.15) is 0 Å². The van der Waals surface area contributed by atoms with Gasteiger partial charge in [-0.15, -0.1) is 12.4 Å². The number of aryl methyl sites for hydroxylation is 2. The van der Waals surface area contributed by atoms with Gasteiger partial charge >= 0.3 is 12.0 Å². The monoisotopic (exact) mass is 415 g/mol. The molecule has 7 heteroatoms. The number of urea groups is 1. The van der Waals surface area contributed by atoms with E-state index in [-0.39, 0.29) is 30.9 Å². The van der Waals surface area contributed by atoms with E-state index in [1.54, 1.807) is 4.90 Å². The molecule has 4 rings (SSSR count). The molecule has 3 N–H and O–H groups in total. The second-order valence-corrected chi connectivity index (χ2v) is 7.53. The van der Waals surface area contributed by atoms with Gasteiger partial charge in [0.05, 0.1) is 0 Å². The fourth-order valence-electron chi connectivity index (χ4n) is 4.12. The molecule has 154 valence electrons. The van der Waals surface area contributed by atoms with E-state index < -0.39 is 5.97 Å². The normalized spacial score (nSPS) is 18.4. The zero-order valence-corrected chi connectivity index (χ0v) is 17.0. The summed E-state index contributed by atoms with van der Waals surface area (Å²) in [7, 11) is 0. The number of nitrogens with two attached hydrogens (primary N) is 1. The number of halogens is 1. The Labute approximate surface area is 176 Å².